The van der Waals surface area contributed by atoms with Crippen LogP contribution >= 0.6 is 34.8 Å². The lowest BCUT2D eigenvalue weighted by Gasteiger charge is -2.23. The van der Waals surface area contributed by atoms with E-state index in [0.717, 1.165) is 15.4 Å². The van der Waals surface area contributed by atoms with Crippen molar-refractivity contribution in [2.45, 2.75) is 18.4 Å². The molecule has 5 nitrogen and oxygen atoms in total. The Kier molecular flexibility index (Phi) is 7.62. The fourth-order valence-electron chi connectivity index (χ4n) is 2.86. The van der Waals surface area contributed by atoms with Crippen LogP contribution < -0.4 is 5.32 Å². The lowest BCUT2D eigenvalue weighted by Crippen LogP contribution is -2.37. The molecule has 0 saturated carbocycles. The Morgan fingerprint density at radius 1 is 0.935 bits per heavy atom. The van der Waals surface area contributed by atoms with Crippen molar-refractivity contribution in [3.63, 3.8) is 0 Å². The molecule has 0 bridgehead atoms. The zero-order valence-electron chi connectivity index (χ0n) is 16.5. The van der Waals surface area contributed by atoms with Gasteiger partial charge in [0.1, 0.15) is 4.90 Å². The van der Waals surface area contributed by atoms with E-state index in [2.05, 4.69) is 5.32 Å². The summed E-state index contributed by atoms with van der Waals surface area (Å²) in [6, 6.07) is 18.2. The van der Waals surface area contributed by atoms with E-state index in [1.165, 1.54) is 18.2 Å². The first-order chi connectivity index (χ1) is 14.7. The van der Waals surface area contributed by atoms with Gasteiger partial charge in [-0.15, -0.1) is 0 Å². The molecule has 3 aromatic carbocycles. The summed E-state index contributed by atoms with van der Waals surface area (Å²) in [6.45, 7) is 1.40. The molecule has 0 aliphatic carbocycles. The van der Waals surface area contributed by atoms with Crippen LogP contribution in [0.3, 0.4) is 0 Å². The summed E-state index contributed by atoms with van der Waals surface area (Å²) in [5, 5.41) is 3.43. The van der Waals surface area contributed by atoms with Crippen LogP contribution in [0.25, 0.3) is 0 Å². The highest BCUT2D eigenvalue weighted by Gasteiger charge is 2.29. The summed E-state index contributed by atoms with van der Waals surface area (Å²) in [7, 11) is -4.12. The zero-order chi connectivity index (χ0) is 22.6. The molecule has 0 aliphatic rings. The highest BCUT2D eigenvalue weighted by atomic mass is 35.5. The van der Waals surface area contributed by atoms with Crippen molar-refractivity contribution in [1.82, 2.24) is 4.31 Å². The highest BCUT2D eigenvalue weighted by molar-refractivity contribution is 7.89. The Labute approximate surface area is 196 Å². The smallest absolute Gasteiger partial charge is 0.245 e. The fourth-order valence-corrected chi connectivity index (χ4v) is 5.16. The molecule has 1 amide bonds. The quantitative estimate of drug-likeness (QED) is 0.449. The molecule has 3 aromatic rings. The fraction of sp³-hybridized carbons (Fsp3) is 0.136. The molecule has 0 spiro atoms. The maximum Gasteiger partial charge on any atom is 0.245 e. The third kappa shape index (κ3) is 5.99. The van der Waals surface area contributed by atoms with Gasteiger partial charge >= 0.3 is 0 Å². The summed E-state index contributed by atoms with van der Waals surface area (Å²) in [4.78, 5) is 12.6. The standard InChI is InChI=1S/C22H19Cl3N2O3S/c1-15-7-9-18(12-20(15)25)26-22(28)14-27(13-16-5-3-2-4-6-16)31(29,30)21-11-17(23)8-10-19(21)24/h2-12H,13-14H2,1H3,(H,26,28). The number of anilines is 1. The van der Waals surface area contributed by atoms with Gasteiger partial charge in [-0.3, -0.25) is 4.79 Å². The predicted molar refractivity (Wildman–Crippen MR) is 125 cm³/mol. The van der Waals surface area contributed by atoms with Crippen LogP contribution in [0.5, 0.6) is 0 Å². The molecule has 3 rings (SSSR count). The number of carbonyl (C=O) groups excluding carboxylic acids is 1. The van der Waals surface area contributed by atoms with E-state index >= 15 is 0 Å². The normalized spacial score (nSPS) is 11.5. The van der Waals surface area contributed by atoms with E-state index in [9.17, 15) is 13.2 Å². The number of aryl methyl sites for hydroxylation is 1. The number of nitrogens with one attached hydrogen (secondary N) is 1. The number of nitrogens with zero attached hydrogens (tertiary/aromatic N) is 1. The van der Waals surface area contributed by atoms with Gasteiger partial charge in [0.2, 0.25) is 15.9 Å². The molecule has 0 unspecified atom stereocenters. The van der Waals surface area contributed by atoms with Crippen molar-refractivity contribution < 1.29 is 13.2 Å². The van der Waals surface area contributed by atoms with Gasteiger partial charge in [0.15, 0.2) is 0 Å². The molecule has 9 heteroatoms. The molecule has 1 N–H and O–H groups in total. The van der Waals surface area contributed by atoms with Gasteiger partial charge in [-0.2, -0.15) is 4.31 Å². The highest BCUT2D eigenvalue weighted by Crippen LogP contribution is 2.29. The van der Waals surface area contributed by atoms with E-state index in [4.69, 9.17) is 34.8 Å². The third-order valence-electron chi connectivity index (χ3n) is 4.49. The van der Waals surface area contributed by atoms with Crippen LogP contribution in [-0.2, 0) is 21.4 Å². The third-order valence-corrected chi connectivity index (χ3v) is 7.40. The zero-order valence-corrected chi connectivity index (χ0v) is 19.6. The molecule has 162 valence electrons. The second-order valence-electron chi connectivity index (χ2n) is 6.85. The predicted octanol–water partition coefficient (Wildman–Crippen LogP) is 5.78. The second kappa shape index (κ2) is 10.0. The molecule has 0 aromatic heterocycles. The Morgan fingerprint density at radius 3 is 2.32 bits per heavy atom. The molecule has 0 fully saturated rings. The topological polar surface area (TPSA) is 66.5 Å². The summed E-state index contributed by atoms with van der Waals surface area (Å²) >= 11 is 18.3. The molecular weight excluding hydrogens is 479 g/mol. The molecule has 0 atom stereocenters. The summed E-state index contributed by atoms with van der Waals surface area (Å²) < 4.78 is 27.8. The van der Waals surface area contributed by atoms with Crippen molar-refractivity contribution in [2.24, 2.45) is 0 Å². The Morgan fingerprint density at radius 2 is 1.65 bits per heavy atom. The molecular formula is C22H19Cl3N2O3S. The van der Waals surface area contributed by atoms with E-state index < -0.39 is 22.5 Å². The van der Waals surface area contributed by atoms with E-state index in [0.29, 0.717) is 10.7 Å². The van der Waals surface area contributed by atoms with Crippen LogP contribution in [0.4, 0.5) is 5.69 Å². The van der Waals surface area contributed by atoms with Crippen LogP contribution in [0.15, 0.2) is 71.6 Å². The first kappa shape index (κ1) is 23.6. The minimum Gasteiger partial charge on any atom is -0.325 e. The molecule has 0 aliphatic heterocycles. The van der Waals surface area contributed by atoms with Gasteiger partial charge in [-0.1, -0.05) is 71.2 Å². The number of hydrogen-bond acceptors (Lipinski definition) is 3. The van der Waals surface area contributed by atoms with Gasteiger partial charge in [-0.05, 0) is 48.4 Å². The van der Waals surface area contributed by atoms with Gasteiger partial charge in [0.05, 0.1) is 11.6 Å². The monoisotopic (exact) mass is 496 g/mol. The number of rotatable bonds is 7. The van der Waals surface area contributed by atoms with E-state index in [1.54, 1.807) is 42.5 Å². The minimum absolute atomic E-state index is 0.0198. The van der Waals surface area contributed by atoms with Crippen molar-refractivity contribution in [1.29, 1.82) is 0 Å². The van der Waals surface area contributed by atoms with E-state index in [1.807, 2.05) is 13.0 Å². The largest absolute Gasteiger partial charge is 0.325 e. The first-order valence-corrected chi connectivity index (χ1v) is 11.8. The summed E-state index contributed by atoms with van der Waals surface area (Å²) in [6.07, 6.45) is 0. The van der Waals surface area contributed by atoms with Crippen LogP contribution in [0, 0.1) is 6.92 Å². The average molecular weight is 498 g/mol. The Bertz CT molecular complexity index is 1200. The summed E-state index contributed by atoms with van der Waals surface area (Å²) in [5.41, 5.74) is 2.05. The number of carbonyl (C=O) groups is 1. The minimum atomic E-state index is -4.12. The average Bonchev–Trinajstić information content (AvgIpc) is 2.72. The lowest BCUT2D eigenvalue weighted by atomic mass is 10.2. The molecule has 0 heterocycles. The number of amides is 1. The van der Waals surface area contributed by atoms with Gasteiger partial charge in [-0.25, -0.2) is 8.42 Å². The lowest BCUT2D eigenvalue weighted by molar-refractivity contribution is -0.116. The van der Waals surface area contributed by atoms with Crippen LogP contribution in [0.2, 0.25) is 15.1 Å². The number of sulfonamides is 1. The first-order valence-electron chi connectivity index (χ1n) is 9.22. The number of halogens is 3. The Balaban J connectivity index is 1.91. The maximum atomic E-state index is 13.4. The van der Waals surface area contributed by atoms with Crippen LogP contribution in [-0.4, -0.2) is 25.2 Å². The van der Waals surface area contributed by atoms with Crippen molar-refractivity contribution in [2.75, 3.05) is 11.9 Å². The van der Waals surface area contributed by atoms with E-state index in [-0.39, 0.29) is 21.5 Å². The van der Waals surface area contributed by atoms with Gasteiger partial charge < -0.3 is 5.32 Å². The Hall–Kier alpha value is -2.09. The number of hydrogen-bond donors (Lipinski definition) is 1. The molecule has 31 heavy (non-hydrogen) atoms. The van der Waals surface area contributed by atoms with Crippen LogP contribution in [0.1, 0.15) is 11.1 Å². The van der Waals surface area contributed by atoms with Gasteiger partial charge in [0, 0.05) is 22.3 Å². The summed E-state index contributed by atoms with van der Waals surface area (Å²) in [5.74, 6) is -0.516. The SMILES string of the molecule is Cc1ccc(NC(=O)CN(Cc2ccccc2)S(=O)(=O)c2cc(Cl)ccc2Cl)cc1Cl. The molecule has 0 radical (unpaired) electrons. The van der Waals surface area contributed by atoms with Crippen molar-refractivity contribution >= 4 is 56.4 Å². The molecule has 0 saturated heterocycles. The second-order valence-corrected chi connectivity index (χ2v) is 10.0. The van der Waals surface area contributed by atoms with Gasteiger partial charge in [0.25, 0.3) is 0 Å². The van der Waals surface area contributed by atoms with Crippen molar-refractivity contribution in [3.05, 3.63) is 92.9 Å². The maximum absolute atomic E-state index is 13.4. The number of benzene rings is 3. The van der Waals surface area contributed by atoms with Crippen molar-refractivity contribution in [3.8, 4) is 0 Å².